The maximum Gasteiger partial charge on any atom is 0.0543 e. The zero-order valence-corrected chi connectivity index (χ0v) is 11.7. The summed E-state index contributed by atoms with van der Waals surface area (Å²) in [7, 11) is 0. The van der Waals surface area contributed by atoms with Crippen molar-refractivity contribution in [2.45, 2.75) is 65.4 Å². The summed E-state index contributed by atoms with van der Waals surface area (Å²) < 4.78 is 0. The summed E-state index contributed by atoms with van der Waals surface area (Å²) in [5, 5.41) is 9.88. The Labute approximate surface area is 106 Å². The molecule has 3 aliphatic carbocycles. The highest BCUT2D eigenvalue weighted by molar-refractivity contribution is 5.05. The van der Waals surface area contributed by atoms with E-state index in [-0.39, 0.29) is 6.10 Å². The van der Waals surface area contributed by atoms with Crippen molar-refractivity contribution in [3.05, 3.63) is 0 Å². The number of aliphatic hydroxyl groups is 1. The van der Waals surface area contributed by atoms with Gasteiger partial charge in [0.25, 0.3) is 0 Å². The molecule has 3 rings (SSSR count). The molecule has 1 nitrogen and oxygen atoms in total. The van der Waals surface area contributed by atoms with E-state index < -0.39 is 0 Å². The maximum atomic E-state index is 9.88. The number of fused-ring (bicyclic) bond motifs is 2. The second-order valence-electron chi connectivity index (χ2n) is 7.69. The lowest BCUT2D eigenvalue weighted by atomic mass is 9.62. The van der Waals surface area contributed by atoms with Crippen LogP contribution < -0.4 is 0 Å². The van der Waals surface area contributed by atoms with E-state index in [0.29, 0.717) is 5.41 Å². The highest BCUT2D eigenvalue weighted by Crippen LogP contribution is 2.63. The molecule has 98 valence electrons. The third kappa shape index (κ3) is 1.77. The van der Waals surface area contributed by atoms with Crippen molar-refractivity contribution in [1.82, 2.24) is 0 Å². The van der Waals surface area contributed by atoms with E-state index in [1.165, 1.54) is 25.7 Å². The number of hydrogen-bond acceptors (Lipinski definition) is 1. The quantitative estimate of drug-likeness (QED) is 0.733. The molecule has 1 unspecified atom stereocenters. The SMILES string of the molecule is CC1[C@@H]2C[C@@H](C[C@H]2[C@@H]2CCC[C@@H](O)C2)C1(C)C. The first kappa shape index (κ1) is 12.0. The molecule has 0 saturated heterocycles. The summed E-state index contributed by atoms with van der Waals surface area (Å²) in [6.07, 6.45) is 7.75. The Bertz CT molecular complexity index is 292. The first-order valence-corrected chi connectivity index (χ1v) is 7.68. The smallest absolute Gasteiger partial charge is 0.0543 e. The van der Waals surface area contributed by atoms with Crippen LogP contribution in [-0.2, 0) is 0 Å². The zero-order chi connectivity index (χ0) is 12.2. The first-order valence-electron chi connectivity index (χ1n) is 7.68. The van der Waals surface area contributed by atoms with Crippen LogP contribution in [0.2, 0.25) is 0 Å². The van der Waals surface area contributed by atoms with Gasteiger partial charge in [0.15, 0.2) is 0 Å². The van der Waals surface area contributed by atoms with Crippen molar-refractivity contribution in [3.8, 4) is 0 Å². The minimum atomic E-state index is 0.0104. The Morgan fingerprint density at radius 1 is 1.00 bits per heavy atom. The average molecular weight is 236 g/mol. The monoisotopic (exact) mass is 236 g/mol. The maximum absolute atomic E-state index is 9.88. The molecule has 2 bridgehead atoms. The zero-order valence-electron chi connectivity index (χ0n) is 11.7. The van der Waals surface area contributed by atoms with Crippen LogP contribution in [0.4, 0.5) is 0 Å². The summed E-state index contributed by atoms with van der Waals surface area (Å²) in [4.78, 5) is 0. The number of rotatable bonds is 1. The van der Waals surface area contributed by atoms with E-state index in [4.69, 9.17) is 0 Å². The fourth-order valence-electron chi connectivity index (χ4n) is 5.34. The Kier molecular flexibility index (Phi) is 2.81. The molecule has 0 heterocycles. The molecular weight excluding hydrogens is 208 g/mol. The molecule has 17 heavy (non-hydrogen) atoms. The first-order chi connectivity index (χ1) is 8.00. The average Bonchev–Trinajstić information content (AvgIpc) is 2.79. The normalized spacial score (nSPS) is 52.9. The fraction of sp³-hybridized carbons (Fsp3) is 1.00. The molecule has 6 atom stereocenters. The van der Waals surface area contributed by atoms with Crippen LogP contribution in [0.5, 0.6) is 0 Å². The van der Waals surface area contributed by atoms with Crippen LogP contribution in [0.25, 0.3) is 0 Å². The van der Waals surface area contributed by atoms with Crippen molar-refractivity contribution in [1.29, 1.82) is 0 Å². The molecule has 0 aromatic carbocycles. The van der Waals surface area contributed by atoms with Crippen LogP contribution in [0.3, 0.4) is 0 Å². The van der Waals surface area contributed by atoms with Crippen LogP contribution in [0.15, 0.2) is 0 Å². The van der Waals surface area contributed by atoms with E-state index in [9.17, 15) is 5.11 Å². The van der Waals surface area contributed by atoms with Gasteiger partial charge in [0.2, 0.25) is 0 Å². The summed E-state index contributed by atoms with van der Waals surface area (Å²) in [6, 6.07) is 0. The van der Waals surface area contributed by atoms with Gasteiger partial charge in [-0.3, -0.25) is 0 Å². The van der Waals surface area contributed by atoms with E-state index >= 15 is 0 Å². The van der Waals surface area contributed by atoms with Gasteiger partial charge in [-0.15, -0.1) is 0 Å². The molecule has 3 aliphatic rings. The van der Waals surface area contributed by atoms with Gasteiger partial charge in [-0.2, -0.15) is 0 Å². The summed E-state index contributed by atoms with van der Waals surface area (Å²) in [5.41, 5.74) is 0.578. The second-order valence-corrected chi connectivity index (χ2v) is 7.69. The molecular formula is C16H28O. The Balaban J connectivity index is 1.72. The molecule has 1 N–H and O–H groups in total. The van der Waals surface area contributed by atoms with E-state index in [1.54, 1.807) is 0 Å². The molecule has 0 aromatic heterocycles. The standard InChI is InChI=1S/C16H28O/c1-10-14-8-12(16(10,2)3)9-15(14)11-5-4-6-13(17)7-11/h10-15,17H,4-9H2,1-3H3/t10?,11-,12+,13-,14+,15+/m1/s1. The van der Waals surface area contributed by atoms with Crippen molar-refractivity contribution in [2.24, 2.45) is 35.0 Å². The molecule has 3 fully saturated rings. The van der Waals surface area contributed by atoms with Gasteiger partial charge in [0.1, 0.15) is 0 Å². The number of hydrogen-bond donors (Lipinski definition) is 1. The van der Waals surface area contributed by atoms with Gasteiger partial charge in [-0.05, 0) is 67.1 Å². The van der Waals surface area contributed by atoms with Gasteiger partial charge >= 0.3 is 0 Å². The highest BCUT2D eigenvalue weighted by Gasteiger charge is 2.56. The molecule has 1 heteroatoms. The largest absolute Gasteiger partial charge is 0.393 e. The van der Waals surface area contributed by atoms with E-state index in [1.807, 2.05) is 0 Å². The van der Waals surface area contributed by atoms with Crippen LogP contribution in [0.1, 0.15) is 59.3 Å². The molecule has 0 spiro atoms. The molecule has 3 saturated carbocycles. The van der Waals surface area contributed by atoms with Crippen molar-refractivity contribution >= 4 is 0 Å². The van der Waals surface area contributed by atoms with Crippen molar-refractivity contribution in [2.75, 3.05) is 0 Å². The van der Waals surface area contributed by atoms with E-state index in [0.717, 1.165) is 42.4 Å². The van der Waals surface area contributed by atoms with Gasteiger partial charge in [-0.1, -0.05) is 27.2 Å². The Hall–Kier alpha value is -0.0400. The van der Waals surface area contributed by atoms with Crippen LogP contribution >= 0.6 is 0 Å². The fourth-order valence-corrected chi connectivity index (χ4v) is 5.34. The lowest BCUT2D eigenvalue weighted by molar-refractivity contribution is 0.0247. The van der Waals surface area contributed by atoms with Crippen LogP contribution in [-0.4, -0.2) is 11.2 Å². The van der Waals surface area contributed by atoms with Crippen molar-refractivity contribution in [3.63, 3.8) is 0 Å². The molecule has 0 aliphatic heterocycles. The van der Waals surface area contributed by atoms with Crippen LogP contribution in [0, 0.1) is 35.0 Å². The van der Waals surface area contributed by atoms with Gasteiger partial charge in [-0.25, -0.2) is 0 Å². The Morgan fingerprint density at radius 2 is 1.71 bits per heavy atom. The highest BCUT2D eigenvalue weighted by atomic mass is 16.3. The number of aliphatic hydroxyl groups excluding tert-OH is 1. The predicted octanol–water partition coefficient (Wildman–Crippen LogP) is 3.86. The molecule has 0 aromatic rings. The Morgan fingerprint density at radius 3 is 2.29 bits per heavy atom. The third-order valence-electron chi connectivity index (χ3n) is 6.82. The van der Waals surface area contributed by atoms with Gasteiger partial charge in [0, 0.05) is 0 Å². The topological polar surface area (TPSA) is 20.2 Å². The minimum Gasteiger partial charge on any atom is -0.393 e. The molecule has 0 radical (unpaired) electrons. The van der Waals surface area contributed by atoms with Gasteiger partial charge in [0.05, 0.1) is 6.10 Å². The summed E-state index contributed by atoms with van der Waals surface area (Å²) in [6.45, 7) is 7.44. The lowest BCUT2D eigenvalue weighted by Crippen LogP contribution is -2.37. The predicted molar refractivity (Wildman–Crippen MR) is 70.6 cm³/mol. The summed E-state index contributed by atoms with van der Waals surface area (Å²) >= 11 is 0. The van der Waals surface area contributed by atoms with E-state index in [2.05, 4.69) is 20.8 Å². The van der Waals surface area contributed by atoms with Gasteiger partial charge < -0.3 is 5.11 Å². The molecule has 0 amide bonds. The summed E-state index contributed by atoms with van der Waals surface area (Å²) in [5.74, 6) is 4.60. The lowest BCUT2D eigenvalue weighted by Gasteiger charge is -2.44. The third-order valence-corrected chi connectivity index (χ3v) is 6.82. The van der Waals surface area contributed by atoms with Crippen molar-refractivity contribution < 1.29 is 5.11 Å². The minimum absolute atomic E-state index is 0.0104. The second kappa shape index (κ2) is 3.98.